The number of carbonyl (C=O) groups is 2. The summed E-state index contributed by atoms with van der Waals surface area (Å²) in [6.07, 6.45) is 2.61. The largest absolute Gasteiger partial charge is 0.367 e. The molecule has 1 aromatic carbocycles. The van der Waals surface area contributed by atoms with Crippen LogP contribution in [0.1, 0.15) is 27.2 Å². The molecule has 1 saturated heterocycles. The van der Waals surface area contributed by atoms with E-state index in [0.29, 0.717) is 18.8 Å². The summed E-state index contributed by atoms with van der Waals surface area (Å²) in [4.78, 5) is 31.6. The number of hydrogen-bond acceptors (Lipinski definition) is 4. The summed E-state index contributed by atoms with van der Waals surface area (Å²) in [7, 11) is 0. The van der Waals surface area contributed by atoms with Gasteiger partial charge in [-0.05, 0) is 44.0 Å². The highest BCUT2D eigenvalue weighted by Gasteiger charge is 2.17. The smallest absolute Gasteiger partial charge is 0.274 e. The van der Waals surface area contributed by atoms with Crippen LogP contribution in [-0.4, -0.2) is 48.4 Å². The van der Waals surface area contributed by atoms with Crippen molar-refractivity contribution in [1.82, 2.24) is 9.88 Å². The third-order valence-electron chi connectivity index (χ3n) is 4.72. The Hall–Kier alpha value is -2.89. The number of hydrogen-bond donors (Lipinski definition) is 1. The van der Waals surface area contributed by atoms with Gasteiger partial charge in [0.25, 0.3) is 5.91 Å². The molecule has 2 amide bonds. The maximum atomic E-state index is 12.5. The third-order valence-corrected chi connectivity index (χ3v) is 4.72. The summed E-state index contributed by atoms with van der Waals surface area (Å²) in [6.45, 7) is 8.98. The van der Waals surface area contributed by atoms with E-state index in [0.717, 1.165) is 42.0 Å². The Morgan fingerprint density at radius 2 is 1.73 bits per heavy atom. The summed E-state index contributed by atoms with van der Waals surface area (Å²) >= 11 is 0. The van der Waals surface area contributed by atoms with Crippen LogP contribution in [0.15, 0.2) is 30.5 Å². The average Bonchev–Trinajstić information content (AvgIpc) is 2.64. The van der Waals surface area contributed by atoms with Crippen molar-refractivity contribution in [3.63, 3.8) is 0 Å². The first-order chi connectivity index (χ1) is 12.5. The maximum Gasteiger partial charge on any atom is 0.274 e. The lowest BCUT2D eigenvalue weighted by atomic mass is 10.0. The van der Waals surface area contributed by atoms with Gasteiger partial charge in [-0.1, -0.05) is 17.7 Å². The highest BCUT2D eigenvalue weighted by molar-refractivity contribution is 6.03. The minimum absolute atomic E-state index is 0.211. The van der Waals surface area contributed by atoms with E-state index in [4.69, 9.17) is 0 Å². The van der Waals surface area contributed by atoms with E-state index in [1.54, 1.807) is 17.2 Å². The van der Waals surface area contributed by atoms with Gasteiger partial charge in [0.15, 0.2) is 0 Å². The molecule has 0 saturated carbocycles. The molecule has 0 atom stereocenters. The van der Waals surface area contributed by atoms with Crippen molar-refractivity contribution >= 4 is 23.7 Å². The van der Waals surface area contributed by atoms with Gasteiger partial charge < -0.3 is 15.1 Å². The van der Waals surface area contributed by atoms with Crippen molar-refractivity contribution in [2.24, 2.45) is 0 Å². The fourth-order valence-electron chi connectivity index (χ4n) is 3.35. The summed E-state index contributed by atoms with van der Waals surface area (Å²) in [5.74, 6) is -0.211. The lowest BCUT2D eigenvalue weighted by Gasteiger charge is -2.33. The number of amides is 2. The second-order valence-corrected chi connectivity index (χ2v) is 6.76. The molecule has 6 heteroatoms. The maximum absolute atomic E-state index is 12.5. The molecule has 2 heterocycles. The van der Waals surface area contributed by atoms with E-state index in [1.807, 2.05) is 26.8 Å². The first kappa shape index (κ1) is 17.9. The lowest BCUT2D eigenvalue weighted by molar-refractivity contribution is -0.118. The molecular formula is C20H24N4O2. The highest BCUT2D eigenvalue weighted by atomic mass is 16.2. The molecule has 3 rings (SSSR count). The Balaban J connectivity index is 1.69. The number of pyridine rings is 1. The normalized spacial score (nSPS) is 14.3. The van der Waals surface area contributed by atoms with Crippen LogP contribution < -0.4 is 10.2 Å². The van der Waals surface area contributed by atoms with E-state index < -0.39 is 0 Å². The fraction of sp³-hybridized carbons (Fsp3) is 0.350. The first-order valence-electron chi connectivity index (χ1n) is 8.77. The molecule has 0 bridgehead atoms. The van der Waals surface area contributed by atoms with Crippen LogP contribution in [-0.2, 0) is 4.79 Å². The zero-order valence-electron chi connectivity index (χ0n) is 15.5. The molecule has 0 unspecified atom stereocenters. The van der Waals surface area contributed by atoms with Crippen LogP contribution >= 0.6 is 0 Å². The van der Waals surface area contributed by atoms with Crippen LogP contribution in [0.5, 0.6) is 0 Å². The SMILES string of the molecule is Cc1cc(C)c(NC(=O)c2ccc(N3CCN(C=O)CC3)cn2)c(C)c1. The van der Waals surface area contributed by atoms with Gasteiger partial charge in [0.05, 0.1) is 11.9 Å². The van der Waals surface area contributed by atoms with Crippen molar-refractivity contribution in [3.8, 4) is 0 Å². The predicted octanol–water partition coefficient (Wildman–Crippen LogP) is 2.54. The minimum Gasteiger partial charge on any atom is -0.367 e. The van der Waals surface area contributed by atoms with Gasteiger partial charge in [0.1, 0.15) is 5.69 Å². The van der Waals surface area contributed by atoms with E-state index in [1.165, 1.54) is 5.56 Å². The number of piperazine rings is 1. The molecule has 1 aliphatic heterocycles. The fourth-order valence-corrected chi connectivity index (χ4v) is 3.35. The second kappa shape index (κ2) is 7.56. The summed E-state index contributed by atoms with van der Waals surface area (Å²) in [6, 6.07) is 7.76. The molecule has 1 fully saturated rings. The third kappa shape index (κ3) is 3.85. The second-order valence-electron chi connectivity index (χ2n) is 6.76. The average molecular weight is 352 g/mol. The Morgan fingerprint density at radius 3 is 2.27 bits per heavy atom. The number of rotatable bonds is 4. The molecule has 0 spiro atoms. The number of anilines is 2. The van der Waals surface area contributed by atoms with Gasteiger partial charge in [-0.15, -0.1) is 0 Å². The number of nitrogens with zero attached hydrogens (tertiary/aromatic N) is 3. The monoisotopic (exact) mass is 352 g/mol. The quantitative estimate of drug-likeness (QED) is 0.859. The molecule has 1 aromatic heterocycles. The standard InChI is InChI=1S/C20H24N4O2/c1-14-10-15(2)19(16(3)11-14)22-20(26)18-5-4-17(12-21-18)24-8-6-23(13-25)7-9-24/h4-5,10-13H,6-9H2,1-3H3,(H,22,26). The summed E-state index contributed by atoms with van der Waals surface area (Å²) in [5.41, 5.74) is 5.46. The van der Waals surface area contributed by atoms with Crippen LogP contribution in [0.2, 0.25) is 0 Å². The molecule has 2 aromatic rings. The van der Waals surface area contributed by atoms with Crippen LogP contribution in [0.3, 0.4) is 0 Å². The van der Waals surface area contributed by atoms with E-state index in [-0.39, 0.29) is 5.91 Å². The van der Waals surface area contributed by atoms with Gasteiger partial charge in [-0.3, -0.25) is 9.59 Å². The molecule has 0 aliphatic carbocycles. The number of aryl methyl sites for hydroxylation is 3. The van der Waals surface area contributed by atoms with Gasteiger partial charge in [0, 0.05) is 31.9 Å². The van der Waals surface area contributed by atoms with Crippen molar-refractivity contribution in [3.05, 3.63) is 52.8 Å². The highest BCUT2D eigenvalue weighted by Crippen LogP contribution is 2.23. The van der Waals surface area contributed by atoms with E-state index in [9.17, 15) is 9.59 Å². The Labute approximate surface area is 153 Å². The number of benzene rings is 1. The molecule has 1 aliphatic rings. The van der Waals surface area contributed by atoms with E-state index in [2.05, 4.69) is 27.3 Å². The van der Waals surface area contributed by atoms with Crippen molar-refractivity contribution in [2.45, 2.75) is 20.8 Å². The van der Waals surface area contributed by atoms with Gasteiger partial charge >= 0.3 is 0 Å². The van der Waals surface area contributed by atoms with Crippen molar-refractivity contribution < 1.29 is 9.59 Å². The molecule has 6 nitrogen and oxygen atoms in total. The number of carbonyl (C=O) groups excluding carboxylic acids is 2. The molecule has 26 heavy (non-hydrogen) atoms. The minimum atomic E-state index is -0.211. The van der Waals surface area contributed by atoms with Crippen LogP contribution in [0.25, 0.3) is 0 Å². The zero-order chi connectivity index (χ0) is 18.7. The summed E-state index contributed by atoms with van der Waals surface area (Å²) < 4.78 is 0. The van der Waals surface area contributed by atoms with Gasteiger partial charge in [-0.25, -0.2) is 4.98 Å². The molecular weight excluding hydrogens is 328 g/mol. The lowest BCUT2D eigenvalue weighted by Crippen LogP contribution is -2.45. The Bertz CT molecular complexity index is 786. The van der Waals surface area contributed by atoms with Gasteiger partial charge in [-0.2, -0.15) is 0 Å². The molecule has 136 valence electrons. The Kier molecular flexibility index (Phi) is 5.21. The van der Waals surface area contributed by atoms with Gasteiger partial charge in [0.2, 0.25) is 6.41 Å². The predicted molar refractivity (Wildman–Crippen MR) is 103 cm³/mol. The van der Waals surface area contributed by atoms with Crippen LogP contribution in [0.4, 0.5) is 11.4 Å². The molecule has 1 N–H and O–H groups in total. The van der Waals surface area contributed by atoms with Crippen molar-refractivity contribution in [1.29, 1.82) is 0 Å². The van der Waals surface area contributed by atoms with Crippen LogP contribution in [0, 0.1) is 20.8 Å². The topological polar surface area (TPSA) is 65.5 Å². The van der Waals surface area contributed by atoms with E-state index >= 15 is 0 Å². The van der Waals surface area contributed by atoms with Crippen molar-refractivity contribution in [2.75, 3.05) is 36.4 Å². The first-order valence-corrected chi connectivity index (χ1v) is 8.77. The zero-order valence-corrected chi connectivity index (χ0v) is 15.5. The Morgan fingerprint density at radius 1 is 1.08 bits per heavy atom. The number of nitrogens with one attached hydrogen (secondary N) is 1. The number of aromatic nitrogens is 1. The molecule has 0 radical (unpaired) electrons. The summed E-state index contributed by atoms with van der Waals surface area (Å²) in [5, 5.41) is 2.97.